The maximum absolute atomic E-state index is 7.94. The van der Waals surface area contributed by atoms with E-state index in [9.17, 15) is 0 Å². The molecule has 1 heterocycles. The predicted molar refractivity (Wildman–Crippen MR) is 179 cm³/mol. The van der Waals surface area contributed by atoms with Gasteiger partial charge < -0.3 is 0 Å². The molecule has 202 valence electrons. The summed E-state index contributed by atoms with van der Waals surface area (Å²) in [5.74, 6) is 0.425. The second-order valence-electron chi connectivity index (χ2n) is 11.7. The summed E-state index contributed by atoms with van der Waals surface area (Å²) in [6.07, 6.45) is 2.42. The van der Waals surface area contributed by atoms with Crippen molar-refractivity contribution in [2.45, 2.75) is 30.3 Å². The van der Waals surface area contributed by atoms with Gasteiger partial charge in [0.1, 0.15) is 0 Å². The molecule has 2 aliphatic rings. The molecule has 0 N–H and O–H groups in total. The third-order valence-corrected chi connectivity index (χ3v) is 23.1. The SMILES string of the molecule is Cc1ccc2c(c1-c1ccccc1C(C)C)C=C(c1ccccc1)[CH]2[Zr]([Cl])([Cl])[c]1cccc2c1[SiH2]c1ccccc1-2. The topological polar surface area (TPSA) is 0 Å². The molecule has 1 aliphatic heterocycles. The van der Waals surface area contributed by atoms with Gasteiger partial charge in [-0.15, -0.1) is 0 Å². The van der Waals surface area contributed by atoms with Gasteiger partial charge in [0, 0.05) is 0 Å². The molecule has 1 aliphatic carbocycles. The molecule has 0 nitrogen and oxygen atoms in total. The second-order valence-corrected chi connectivity index (χ2v) is 27.5. The molecule has 1 atom stereocenters. The Morgan fingerprint density at radius 3 is 2.17 bits per heavy atom. The van der Waals surface area contributed by atoms with Crippen LogP contribution in [-0.4, -0.2) is 9.52 Å². The van der Waals surface area contributed by atoms with Crippen molar-refractivity contribution in [2.24, 2.45) is 0 Å². The van der Waals surface area contributed by atoms with Gasteiger partial charge in [-0.3, -0.25) is 0 Å². The summed E-state index contributed by atoms with van der Waals surface area (Å²) in [6, 6.07) is 39.8. The van der Waals surface area contributed by atoms with Crippen molar-refractivity contribution >= 4 is 51.8 Å². The molecule has 5 aromatic carbocycles. The van der Waals surface area contributed by atoms with Crippen molar-refractivity contribution < 1.29 is 17.9 Å². The number of allylic oxidation sites excluding steroid dienone is 1. The number of halogens is 2. The molecule has 7 rings (SSSR count). The van der Waals surface area contributed by atoms with Crippen LogP contribution >= 0.6 is 17.0 Å². The first-order valence-corrected chi connectivity index (χ1v) is 24.8. The molecular weight excluding hydrogens is 635 g/mol. The molecular formula is C37H32Cl2SiZr. The van der Waals surface area contributed by atoms with Crippen LogP contribution in [0.3, 0.4) is 0 Å². The van der Waals surface area contributed by atoms with E-state index < -0.39 is 27.4 Å². The van der Waals surface area contributed by atoms with E-state index in [1.165, 1.54) is 69.3 Å². The average Bonchev–Trinajstić information content (AvgIpc) is 3.57. The Balaban J connectivity index is 1.46. The number of rotatable bonds is 5. The van der Waals surface area contributed by atoms with E-state index in [0.29, 0.717) is 5.92 Å². The van der Waals surface area contributed by atoms with Gasteiger partial charge in [0.25, 0.3) is 0 Å². The first-order chi connectivity index (χ1) is 19.9. The van der Waals surface area contributed by atoms with Gasteiger partial charge in [-0.2, -0.15) is 0 Å². The molecule has 0 saturated carbocycles. The van der Waals surface area contributed by atoms with Crippen LogP contribution in [0.1, 0.15) is 51.2 Å². The standard InChI is InChI=1S/C25H23.C12H9Si.2ClH.Zr/c1-17(2)22-11-7-8-12-23(22)25-18(3)13-14-20-15-21(16-24(20)25)19-9-5-4-6-10-19;1-3-7-11-9(5-1)10-6-2-4-8-12(10)13-11;;;/h4-17H,1-3H3;1-7H,13H2;2*1H;/q;;;;+2/p-2. The Kier molecular flexibility index (Phi) is 7.11. The summed E-state index contributed by atoms with van der Waals surface area (Å²) in [6.45, 7) is 6.80. The summed E-state index contributed by atoms with van der Waals surface area (Å²) >= 11 is -4.11. The van der Waals surface area contributed by atoms with E-state index in [4.69, 9.17) is 17.0 Å². The monoisotopic (exact) mass is 664 g/mol. The average molecular weight is 667 g/mol. The molecule has 0 saturated heterocycles. The summed E-state index contributed by atoms with van der Waals surface area (Å²) in [7, 11) is 15.2. The number of benzene rings is 5. The van der Waals surface area contributed by atoms with Crippen LogP contribution < -0.4 is 13.6 Å². The van der Waals surface area contributed by atoms with Crippen LogP contribution in [0, 0.1) is 6.92 Å². The first kappa shape index (κ1) is 27.4. The number of hydrogen-bond acceptors (Lipinski definition) is 0. The molecule has 41 heavy (non-hydrogen) atoms. The zero-order valence-electron chi connectivity index (χ0n) is 23.6. The summed E-state index contributed by atoms with van der Waals surface area (Å²) in [5, 5.41) is 2.96. The fraction of sp³-hybridized carbons (Fsp3) is 0.135. The van der Waals surface area contributed by atoms with Crippen LogP contribution in [0.15, 0.2) is 109 Å². The van der Waals surface area contributed by atoms with Crippen LogP contribution in [0.2, 0.25) is 0 Å². The van der Waals surface area contributed by atoms with Crippen LogP contribution in [0.4, 0.5) is 0 Å². The minimum absolute atomic E-state index is 0.000178. The number of fused-ring (bicyclic) bond motifs is 4. The van der Waals surface area contributed by atoms with Crippen LogP contribution in [0.5, 0.6) is 0 Å². The van der Waals surface area contributed by atoms with E-state index in [-0.39, 0.29) is 3.63 Å². The predicted octanol–water partition coefficient (Wildman–Crippen LogP) is 8.27. The van der Waals surface area contributed by atoms with Gasteiger partial charge in [0.2, 0.25) is 0 Å². The van der Waals surface area contributed by atoms with Crippen molar-refractivity contribution in [3.05, 3.63) is 137 Å². The molecule has 0 fully saturated rings. The fourth-order valence-electron chi connectivity index (χ4n) is 7.04. The molecule has 1 unspecified atom stereocenters. The number of hydrogen-bond donors (Lipinski definition) is 0. The van der Waals surface area contributed by atoms with Crippen molar-refractivity contribution in [3.63, 3.8) is 0 Å². The van der Waals surface area contributed by atoms with Crippen LogP contribution in [0.25, 0.3) is 33.9 Å². The van der Waals surface area contributed by atoms with E-state index in [2.05, 4.69) is 136 Å². The maximum atomic E-state index is 7.94. The number of aryl methyl sites for hydroxylation is 1. The second kappa shape index (κ2) is 10.7. The fourth-order valence-corrected chi connectivity index (χ4v) is 23.5. The molecule has 0 spiro atoms. The Morgan fingerprint density at radius 2 is 1.39 bits per heavy atom. The molecule has 0 bridgehead atoms. The summed E-state index contributed by atoms with van der Waals surface area (Å²) in [4.78, 5) is 0. The van der Waals surface area contributed by atoms with E-state index in [0.717, 1.165) is 0 Å². The molecule has 0 aromatic heterocycles. The quantitative estimate of drug-likeness (QED) is 0.163. The minimum atomic E-state index is -4.11. The van der Waals surface area contributed by atoms with Crippen molar-refractivity contribution in [3.8, 4) is 22.3 Å². The van der Waals surface area contributed by atoms with Gasteiger partial charge in [0.05, 0.1) is 0 Å². The first-order valence-electron chi connectivity index (χ1n) is 14.4. The van der Waals surface area contributed by atoms with E-state index >= 15 is 0 Å². The summed E-state index contributed by atoms with van der Waals surface area (Å²) < 4.78 is 1.27. The molecule has 0 radical (unpaired) electrons. The van der Waals surface area contributed by atoms with Gasteiger partial charge >= 0.3 is 259 Å². The van der Waals surface area contributed by atoms with E-state index in [1.54, 1.807) is 0 Å². The molecule has 5 aromatic rings. The van der Waals surface area contributed by atoms with Gasteiger partial charge in [-0.1, -0.05) is 0 Å². The van der Waals surface area contributed by atoms with Gasteiger partial charge in [-0.05, 0) is 0 Å². The Hall–Kier alpha value is -2.48. The Morgan fingerprint density at radius 1 is 0.707 bits per heavy atom. The normalized spacial score (nSPS) is 16.0. The van der Waals surface area contributed by atoms with Gasteiger partial charge in [-0.25, -0.2) is 0 Å². The zero-order valence-corrected chi connectivity index (χ0v) is 29.0. The van der Waals surface area contributed by atoms with Crippen LogP contribution in [-0.2, 0) is 17.9 Å². The zero-order chi connectivity index (χ0) is 28.3. The third kappa shape index (κ3) is 4.50. The van der Waals surface area contributed by atoms with Gasteiger partial charge in [0.15, 0.2) is 0 Å². The summed E-state index contributed by atoms with van der Waals surface area (Å²) in [5.41, 5.74) is 13.1. The van der Waals surface area contributed by atoms with Crippen molar-refractivity contribution in [1.29, 1.82) is 0 Å². The van der Waals surface area contributed by atoms with E-state index in [1.807, 2.05) is 0 Å². The Labute approximate surface area is 257 Å². The van der Waals surface area contributed by atoms with Crippen molar-refractivity contribution in [1.82, 2.24) is 0 Å². The molecule has 4 heteroatoms. The van der Waals surface area contributed by atoms with Crippen molar-refractivity contribution in [2.75, 3.05) is 0 Å². The third-order valence-electron chi connectivity index (χ3n) is 8.94. The Bertz CT molecular complexity index is 1840. The molecule has 0 amide bonds.